The first-order valence-electron chi connectivity index (χ1n) is 7.64. The molecule has 0 saturated heterocycles. The lowest BCUT2D eigenvalue weighted by Gasteiger charge is -2.16. The highest BCUT2D eigenvalue weighted by Crippen LogP contribution is 2.28. The fourth-order valence-electron chi connectivity index (χ4n) is 2.14. The summed E-state index contributed by atoms with van der Waals surface area (Å²) in [5, 5.41) is 6.08. The highest BCUT2D eigenvalue weighted by Gasteiger charge is 2.23. The molecular weight excluding hydrogens is 378 g/mol. The van der Waals surface area contributed by atoms with Crippen LogP contribution in [-0.4, -0.2) is 46.4 Å². The van der Waals surface area contributed by atoms with Crippen LogP contribution in [0.15, 0.2) is 47.4 Å². The Morgan fingerprint density at radius 3 is 2.50 bits per heavy atom. The number of benzene rings is 2. The van der Waals surface area contributed by atoms with Gasteiger partial charge in [0.05, 0.1) is 24.4 Å². The number of nitrogens with zero attached hydrogens (tertiary/aromatic N) is 1. The quantitative estimate of drug-likeness (QED) is 0.749. The third-order valence-corrected chi connectivity index (χ3v) is 5.69. The molecule has 0 spiro atoms. The lowest BCUT2D eigenvalue weighted by atomic mass is 10.3. The Kier molecular flexibility index (Phi) is 6.47. The Hall–Kier alpha value is -2.29. The minimum absolute atomic E-state index is 0.0223. The molecule has 0 aliphatic rings. The van der Waals surface area contributed by atoms with Crippen LogP contribution >= 0.6 is 11.6 Å². The Bertz CT molecular complexity index is 901. The van der Waals surface area contributed by atoms with E-state index in [1.165, 1.54) is 33.3 Å². The van der Waals surface area contributed by atoms with Crippen LogP contribution in [-0.2, 0) is 14.8 Å². The average Bonchev–Trinajstić information content (AvgIpc) is 2.60. The van der Waals surface area contributed by atoms with E-state index in [4.69, 9.17) is 16.3 Å². The van der Waals surface area contributed by atoms with Gasteiger partial charge in [0.15, 0.2) is 0 Å². The molecule has 1 amide bonds. The number of amides is 1. The molecule has 0 radical (unpaired) electrons. The minimum Gasteiger partial charge on any atom is -0.495 e. The number of rotatable bonds is 7. The predicted molar refractivity (Wildman–Crippen MR) is 102 cm³/mol. The smallest absolute Gasteiger partial charge is 0.246 e. The average molecular weight is 398 g/mol. The summed E-state index contributed by atoms with van der Waals surface area (Å²) in [6.45, 7) is -0.0223. The van der Waals surface area contributed by atoms with Crippen molar-refractivity contribution in [2.45, 2.75) is 4.90 Å². The van der Waals surface area contributed by atoms with Gasteiger partial charge in [0, 0.05) is 19.8 Å². The van der Waals surface area contributed by atoms with Crippen molar-refractivity contribution in [2.24, 2.45) is 0 Å². The number of nitrogens with one attached hydrogen (secondary N) is 2. The van der Waals surface area contributed by atoms with Crippen LogP contribution in [0, 0.1) is 0 Å². The molecule has 2 aromatic carbocycles. The molecule has 0 heterocycles. The third kappa shape index (κ3) is 4.66. The number of hydrogen-bond donors (Lipinski definition) is 2. The fraction of sp³-hybridized carbons (Fsp3) is 0.235. The molecule has 140 valence electrons. The molecule has 2 rings (SSSR count). The van der Waals surface area contributed by atoms with Crippen LogP contribution < -0.4 is 15.4 Å². The summed E-state index contributed by atoms with van der Waals surface area (Å²) in [6.07, 6.45) is 0. The number of ether oxygens (including phenoxy) is 1. The molecule has 2 aromatic rings. The van der Waals surface area contributed by atoms with Crippen LogP contribution in [0.2, 0.25) is 5.02 Å². The number of halogens is 1. The second-order valence-corrected chi connectivity index (χ2v) is 8.06. The van der Waals surface area contributed by atoms with Crippen molar-refractivity contribution >= 4 is 38.9 Å². The summed E-state index contributed by atoms with van der Waals surface area (Å²) in [7, 11) is 0.518. The molecule has 0 fully saturated rings. The van der Waals surface area contributed by atoms with Crippen molar-refractivity contribution in [3.05, 3.63) is 47.5 Å². The zero-order chi connectivity index (χ0) is 19.3. The van der Waals surface area contributed by atoms with Crippen molar-refractivity contribution in [3.8, 4) is 5.75 Å². The summed E-state index contributed by atoms with van der Waals surface area (Å²) < 4.78 is 31.0. The van der Waals surface area contributed by atoms with Gasteiger partial charge in [-0.3, -0.25) is 4.79 Å². The summed E-state index contributed by atoms with van der Waals surface area (Å²) >= 11 is 6.02. The van der Waals surface area contributed by atoms with Gasteiger partial charge in [-0.1, -0.05) is 23.7 Å². The van der Waals surface area contributed by atoms with E-state index in [1.807, 2.05) is 0 Å². The van der Waals surface area contributed by atoms with E-state index in [2.05, 4.69) is 10.6 Å². The fourth-order valence-corrected chi connectivity index (χ4v) is 3.42. The number of methoxy groups -OCH3 is 1. The lowest BCUT2D eigenvalue weighted by Crippen LogP contribution is -2.24. The van der Waals surface area contributed by atoms with Crippen LogP contribution in [0.5, 0.6) is 5.75 Å². The molecule has 2 N–H and O–H groups in total. The lowest BCUT2D eigenvalue weighted by molar-refractivity contribution is -0.114. The molecule has 26 heavy (non-hydrogen) atoms. The van der Waals surface area contributed by atoms with E-state index in [-0.39, 0.29) is 23.1 Å². The maximum absolute atomic E-state index is 12.4. The largest absolute Gasteiger partial charge is 0.495 e. The second kappa shape index (κ2) is 8.39. The predicted octanol–water partition coefficient (Wildman–Crippen LogP) is 2.65. The number of para-hydroxylation sites is 1. The van der Waals surface area contributed by atoms with Gasteiger partial charge in [-0.15, -0.1) is 0 Å². The minimum atomic E-state index is -3.71. The first-order valence-corrected chi connectivity index (χ1v) is 9.46. The molecule has 0 aromatic heterocycles. The first kappa shape index (κ1) is 20.0. The van der Waals surface area contributed by atoms with Crippen LogP contribution in [0.25, 0.3) is 0 Å². The van der Waals surface area contributed by atoms with Gasteiger partial charge in [0.1, 0.15) is 10.6 Å². The summed E-state index contributed by atoms with van der Waals surface area (Å²) in [5.41, 5.74) is 0.979. The summed E-state index contributed by atoms with van der Waals surface area (Å²) in [6, 6.07) is 11.5. The van der Waals surface area contributed by atoms with E-state index in [9.17, 15) is 13.2 Å². The van der Waals surface area contributed by atoms with Gasteiger partial charge in [0.25, 0.3) is 0 Å². The molecule has 0 unspecified atom stereocenters. The zero-order valence-corrected chi connectivity index (χ0v) is 16.2. The molecule has 0 aliphatic carbocycles. The highest BCUT2D eigenvalue weighted by atomic mass is 35.5. The van der Waals surface area contributed by atoms with Crippen molar-refractivity contribution in [1.29, 1.82) is 0 Å². The van der Waals surface area contributed by atoms with Gasteiger partial charge in [-0.2, -0.15) is 0 Å². The maximum Gasteiger partial charge on any atom is 0.246 e. The second-order valence-electron chi connectivity index (χ2n) is 5.53. The Balaban J connectivity index is 2.14. The normalized spacial score (nSPS) is 11.3. The number of carbonyl (C=O) groups is 1. The highest BCUT2D eigenvalue weighted by molar-refractivity contribution is 7.89. The van der Waals surface area contributed by atoms with Gasteiger partial charge >= 0.3 is 0 Å². The number of anilines is 2. The van der Waals surface area contributed by atoms with Crippen molar-refractivity contribution in [2.75, 3.05) is 38.4 Å². The molecule has 9 heteroatoms. The van der Waals surface area contributed by atoms with E-state index in [0.29, 0.717) is 16.4 Å². The van der Waals surface area contributed by atoms with Gasteiger partial charge in [0.2, 0.25) is 15.9 Å². The molecule has 0 atom stereocenters. The molecule has 0 saturated carbocycles. The van der Waals surface area contributed by atoms with Gasteiger partial charge < -0.3 is 15.4 Å². The molecule has 0 aliphatic heterocycles. The first-order chi connectivity index (χ1) is 12.3. The molecule has 7 nitrogen and oxygen atoms in total. The molecular formula is C17H20ClN3O4S. The van der Waals surface area contributed by atoms with Crippen LogP contribution in [0.3, 0.4) is 0 Å². The van der Waals surface area contributed by atoms with E-state index >= 15 is 0 Å². The van der Waals surface area contributed by atoms with Crippen LogP contribution in [0.1, 0.15) is 0 Å². The topological polar surface area (TPSA) is 87.7 Å². The van der Waals surface area contributed by atoms with Crippen molar-refractivity contribution < 1.29 is 17.9 Å². The Labute approximate surface area is 158 Å². The third-order valence-electron chi connectivity index (χ3n) is 3.52. The monoisotopic (exact) mass is 397 g/mol. The van der Waals surface area contributed by atoms with E-state index in [0.717, 1.165) is 4.31 Å². The Morgan fingerprint density at radius 1 is 1.19 bits per heavy atom. The number of sulfonamides is 1. The van der Waals surface area contributed by atoms with E-state index in [1.54, 1.807) is 30.3 Å². The Morgan fingerprint density at radius 2 is 1.88 bits per heavy atom. The van der Waals surface area contributed by atoms with Gasteiger partial charge in [-0.25, -0.2) is 12.7 Å². The van der Waals surface area contributed by atoms with Crippen molar-refractivity contribution in [3.63, 3.8) is 0 Å². The standard InChI is InChI=1S/C17H20ClN3O4S/c1-21(2)26(23,24)16-10-12(8-9-15(16)25-3)20-17(22)11-19-14-7-5-4-6-13(14)18/h4-10,19H,11H2,1-3H3,(H,20,22). The summed E-state index contributed by atoms with van der Waals surface area (Å²) in [5.74, 6) is -0.144. The van der Waals surface area contributed by atoms with E-state index < -0.39 is 10.0 Å². The number of carbonyl (C=O) groups excluding carboxylic acids is 1. The van der Waals surface area contributed by atoms with Gasteiger partial charge in [-0.05, 0) is 30.3 Å². The summed E-state index contributed by atoms with van der Waals surface area (Å²) in [4.78, 5) is 12.1. The van der Waals surface area contributed by atoms with Crippen LogP contribution in [0.4, 0.5) is 11.4 Å². The maximum atomic E-state index is 12.4. The zero-order valence-electron chi connectivity index (χ0n) is 14.6. The SMILES string of the molecule is COc1ccc(NC(=O)CNc2ccccc2Cl)cc1S(=O)(=O)N(C)C. The molecule has 0 bridgehead atoms. The van der Waals surface area contributed by atoms with Crippen molar-refractivity contribution in [1.82, 2.24) is 4.31 Å². The number of hydrogen-bond acceptors (Lipinski definition) is 5.